The average Bonchev–Trinajstić information content (AvgIpc) is 2.47. The maximum absolute atomic E-state index is 5.42. The lowest BCUT2D eigenvalue weighted by atomic mass is 9.84. The van der Waals surface area contributed by atoms with Crippen LogP contribution in [0.3, 0.4) is 0 Å². The highest BCUT2D eigenvalue weighted by Gasteiger charge is 2.22. The Labute approximate surface area is 158 Å². The highest BCUT2D eigenvalue weighted by atomic mass is 127. The summed E-state index contributed by atoms with van der Waals surface area (Å²) in [5.41, 5.74) is 2.42. The molecule has 0 aliphatic carbocycles. The Bertz CT molecular complexity index is 513. The number of nitrogens with zero attached hydrogens (tertiary/aromatic N) is 1. The lowest BCUT2D eigenvalue weighted by molar-refractivity contribution is 0.0268. The van der Waals surface area contributed by atoms with E-state index in [1.807, 2.05) is 13.8 Å². The van der Waals surface area contributed by atoms with Crippen LogP contribution < -0.4 is 10.6 Å². The van der Waals surface area contributed by atoms with Gasteiger partial charge >= 0.3 is 0 Å². The van der Waals surface area contributed by atoms with Gasteiger partial charge in [-0.05, 0) is 26.3 Å². The summed E-state index contributed by atoms with van der Waals surface area (Å²) in [5, 5.41) is 6.72. The van der Waals surface area contributed by atoms with Crippen LogP contribution in [0.15, 0.2) is 29.3 Å². The van der Waals surface area contributed by atoms with E-state index in [2.05, 4.69) is 60.7 Å². The van der Waals surface area contributed by atoms with Gasteiger partial charge in [0, 0.05) is 32.7 Å². The van der Waals surface area contributed by atoms with Crippen LogP contribution in [0, 0.1) is 6.92 Å². The van der Waals surface area contributed by atoms with Crippen molar-refractivity contribution in [1.29, 1.82) is 0 Å². The summed E-state index contributed by atoms with van der Waals surface area (Å²) < 4.78 is 5.42. The molecule has 0 aliphatic heterocycles. The molecule has 0 aliphatic rings. The van der Waals surface area contributed by atoms with Crippen molar-refractivity contribution in [2.24, 2.45) is 4.99 Å². The van der Waals surface area contributed by atoms with Crippen LogP contribution in [0.25, 0.3) is 0 Å². The number of hydrogen-bond donors (Lipinski definition) is 2. The van der Waals surface area contributed by atoms with Crippen LogP contribution in [-0.2, 0) is 10.2 Å². The number of aliphatic imine (C=N–C) groups is 1. The second kappa shape index (κ2) is 9.47. The Morgan fingerprint density at radius 1 is 1.13 bits per heavy atom. The molecule has 0 spiro atoms. The molecule has 0 radical (unpaired) electrons. The summed E-state index contributed by atoms with van der Waals surface area (Å²) in [6.45, 7) is 12.2. The van der Waals surface area contributed by atoms with Gasteiger partial charge in [0.15, 0.2) is 5.96 Å². The molecule has 1 aromatic carbocycles. The first-order valence-electron chi connectivity index (χ1n) is 7.77. The molecule has 0 saturated heterocycles. The molecule has 4 nitrogen and oxygen atoms in total. The smallest absolute Gasteiger partial charge is 0.191 e. The lowest BCUT2D eigenvalue weighted by Gasteiger charge is -2.28. The molecule has 2 N–H and O–H groups in total. The van der Waals surface area contributed by atoms with E-state index in [0.717, 1.165) is 12.5 Å². The second-order valence-electron chi connectivity index (χ2n) is 7.00. The normalized spacial score (nSPS) is 12.6. The van der Waals surface area contributed by atoms with Crippen molar-refractivity contribution < 1.29 is 4.74 Å². The Kier molecular flexibility index (Phi) is 9.13. The molecule has 132 valence electrons. The zero-order valence-corrected chi connectivity index (χ0v) is 17.8. The van der Waals surface area contributed by atoms with Crippen LogP contribution in [0.4, 0.5) is 0 Å². The maximum Gasteiger partial charge on any atom is 0.191 e. The molecule has 0 atom stereocenters. The van der Waals surface area contributed by atoms with Crippen molar-refractivity contribution in [3.63, 3.8) is 0 Å². The molecular weight excluding hydrogens is 401 g/mol. The molecule has 0 aromatic heterocycles. The molecule has 0 heterocycles. The third-order valence-electron chi connectivity index (χ3n) is 3.96. The van der Waals surface area contributed by atoms with E-state index in [9.17, 15) is 0 Å². The first-order chi connectivity index (χ1) is 10.2. The van der Waals surface area contributed by atoms with Gasteiger partial charge in [0.05, 0.1) is 5.60 Å². The van der Waals surface area contributed by atoms with E-state index < -0.39 is 0 Å². The Morgan fingerprint density at radius 3 is 2.26 bits per heavy atom. The molecule has 5 heteroatoms. The van der Waals surface area contributed by atoms with E-state index in [4.69, 9.17) is 4.74 Å². The highest BCUT2D eigenvalue weighted by molar-refractivity contribution is 14.0. The fraction of sp³-hybridized carbons (Fsp3) is 0.611. The number of ether oxygens (including phenoxy) is 1. The Balaban J connectivity index is 0.00000484. The molecule has 0 bridgehead atoms. The van der Waals surface area contributed by atoms with Crippen molar-refractivity contribution in [1.82, 2.24) is 10.6 Å². The number of hydrogen-bond acceptors (Lipinski definition) is 2. The molecule has 0 unspecified atom stereocenters. The van der Waals surface area contributed by atoms with Crippen LogP contribution in [0.2, 0.25) is 0 Å². The second-order valence-corrected chi connectivity index (χ2v) is 7.00. The molecule has 1 aromatic rings. The van der Waals surface area contributed by atoms with Crippen LogP contribution in [-0.4, -0.2) is 38.8 Å². The molecule has 23 heavy (non-hydrogen) atoms. The van der Waals surface area contributed by atoms with E-state index >= 15 is 0 Å². The summed E-state index contributed by atoms with van der Waals surface area (Å²) in [6.07, 6.45) is 0. The third-order valence-corrected chi connectivity index (χ3v) is 3.96. The van der Waals surface area contributed by atoms with E-state index in [0.29, 0.717) is 6.54 Å². The van der Waals surface area contributed by atoms with Gasteiger partial charge in [-0.15, -0.1) is 24.0 Å². The number of halogens is 1. The zero-order chi connectivity index (χ0) is 16.8. The minimum absolute atomic E-state index is 0. The topological polar surface area (TPSA) is 45.7 Å². The standard InChI is InChI=1S/C18H31N3O.HI/c1-14-9-8-10-15(11-14)17(2,3)12-20-16(19-6)21-13-18(4,5)22-7;/h8-11H,12-13H2,1-7H3,(H2,19,20,21);1H. The van der Waals surface area contributed by atoms with Gasteiger partial charge in [0.1, 0.15) is 0 Å². The Morgan fingerprint density at radius 2 is 1.74 bits per heavy atom. The first kappa shape index (κ1) is 22.2. The van der Waals surface area contributed by atoms with Gasteiger partial charge < -0.3 is 15.4 Å². The monoisotopic (exact) mass is 433 g/mol. The van der Waals surface area contributed by atoms with Crippen LogP contribution in [0.1, 0.15) is 38.8 Å². The van der Waals surface area contributed by atoms with Gasteiger partial charge in [-0.25, -0.2) is 0 Å². The van der Waals surface area contributed by atoms with Crippen LogP contribution in [0.5, 0.6) is 0 Å². The van der Waals surface area contributed by atoms with E-state index in [1.54, 1.807) is 14.2 Å². The number of aryl methyl sites for hydroxylation is 1. The lowest BCUT2D eigenvalue weighted by Crippen LogP contribution is -2.48. The summed E-state index contributed by atoms with van der Waals surface area (Å²) in [5.74, 6) is 0.797. The van der Waals surface area contributed by atoms with Crippen molar-refractivity contribution >= 4 is 29.9 Å². The molecule has 0 amide bonds. The van der Waals surface area contributed by atoms with E-state index in [-0.39, 0.29) is 35.0 Å². The molecular formula is C18H32IN3O. The van der Waals surface area contributed by atoms with E-state index in [1.165, 1.54) is 11.1 Å². The predicted octanol–water partition coefficient (Wildman–Crippen LogP) is 3.48. The van der Waals surface area contributed by atoms with Crippen LogP contribution >= 0.6 is 24.0 Å². The largest absolute Gasteiger partial charge is 0.377 e. The van der Waals surface area contributed by atoms with Gasteiger partial charge in [0.25, 0.3) is 0 Å². The van der Waals surface area contributed by atoms with Gasteiger partial charge in [-0.3, -0.25) is 4.99 Å². The summed E-state index contributed by atoms with van der Waals surface area (Å²) in [7, 11) is 3.51. The van der Waals surface area contributed by atoms with Crippen molar-refractivity contribution in [3.8, 4) is 0 Å². The van der Waals surface area contributed by atoms with Gasteiger partial charge in [-0.1, -0.05) is 43.7 Å². The zero-order valence-electron chi connectivity index (χ0n) is 15.5. The number of methoxy groups -OCH3 is 1. The Hall–Kier alpha value is -0.820. The quantitative estimate of drug-likeness (QED) is 0.410. The summed E-state index contributed by atoms with van der Waals surface area (Å²) in [4.78, 5) is 4.28. The minimum atomic E-state index is -0.219. The maximum atomic E-state index is 5.42. The van der Waals surface area contributed by atoms with Crippen molar-refractivity contribution in [3.05, 3.63) is 35.4 Å². The fourth-order valence-electron chi connectivity index (χ4n) is 2.06. The summed E-state index contributed by atoms with van der Waals surface area (Å²) >= 11 is 0. The predicted molar refractivity (Wildman–Crippen MR) is 110 cm³/mol. The first-order valence-corrected chi connectivity index (χ1v) is 7.77. The third kappa shape index (κ3) is 7.52. The number of benzene rings is 1. The number of guanidine groups is 1. The molecule has 0 fully saturated rings. The highest BCUT2D eigenvalue weighted by Crippen LogP contribution is 2.22. The van der Waals surface area contributed by atoms with Crippen molar-refractivity contribution in [2.75, 3.05) is 27.2 Å². The average molecular weight is 433 g/mol. The fourth-order valence-corrected chi connectivity index (χ4v) is 2.06. The minimum Gasteiger partial charge on any atom is -0.377 e. The van der Waals surface area contributed by atoms with Crippen molar-refractivity contribution in [2.45, 2.75) is 45.6 Å². The SMILES string of the molecule is CN=C(NCC(C)(C)OC)NCC(C)(C)c1cccc(C)c1.I. The number of nitrogens with one attached hydrogen (secondary N) is 2. The van der Waals surface area contributed by atoms with Gasteiger partial charge in [0.2, 0.25) is 0 Å². The molecule has 1 rings (SSSR count). The summed E-state index contributed by atoms with van der Waals surface area (Å²) in [6, 6.07) is 8.66. The number of rotatable bonds is 6. The molecule has 0 saturated carbocycles. The van der Waals surface area contributed by atoms with Gasteiger partial charge in [-0.2, -0.15) is 0 Å².